The van der Waals surface area contributed by atoms with E-state index in [4.69, 9.17) is 9.84 Å². The molecule has 7 nitrogen and oxygen atoms in total. The summed E-state index contributed by atoms with van der Waals surface area (Å²) in [7, 11) is 0. The van der Waals surface area contributed by atoms with Gasteiger partial charge in [0.25, 0.3) is 5.91 Å². The van der Waals surface area contributed by atoms with Crippen molar-refractivity contribution in [2.75, 3.05) is 0 Å². The molecule has 26 heavy (non-hydrogen) atoms. The third kappa shape index (κ3) is 4.78. The lowest BCUT2D eigenvalue weighted by Gasteiger charge is -2.23. The highest BCUT2D eigenvalue weighted by Gasteiger charge is 2.15. The minimum atomic E-state index is -1.18. The molecule has 0 bridgehead atoms. The van der Waals surface area contributed by atoms with Crippen LogP contribution in [0.4, 0.5) is 0 Å². The van der Waals surface area contributed by atoms with E-state index in [0.717, 1.165) is 36.5 Å². The zero-order valence-corrected chi connectivity index (χ0v) is 14.4. The largest absolute Gasteiger partial charge is 0.490 e. The lowest BCUT2D eigenvalue weighted by Crippen LogP contribution is -2.24. The molecule has 1 aliphatic carbocycles. The Labute approximate surface area is 151 Å². The second-order valence-corrected chi connectivity index (χ2v) is 6.30. The first-order valence-corrected chi connectivity index (χ1v) is 8.71. The van der Waals surface area contributed by atoms with E-state index < -0.39 is 11.9 Å². The number of rotatable bonds is 6. The van der Waals surface area contributed by atoms with Gasteiger partial charge in [-0.15, -0.1) is 0 Å². The van der Waals surface area contributed by atoms with Gasteiger partial charge in [0, 0.05) is 6.54 Å². The van der Waals surface area contributed by atoms with Crippen molar-refractivity contribution in [1.82, 2.24) is 15.3 Å². The molecule has 0 aliphatic heterocycles. The molecule has 7 heteroatoms. The van der Waals surface area contributed by atoms with Crippen LogP contribution in [0, 0.1) is 0 Å². The fourth-order valence-corrected chi connectivity index (χ4v) is 2.89. The predicted octanol–water partition coefficient (Wildman–Crippen LogP) is 2.82. The van der Waals surface area contributed by atoms with Crippen LogP contribution in [0.5, 0.6) is 5.75 Å². The average Bonchev–Trinajstić information content (AvgIpc) is 2.68. The van der Waals surface area contributed by atoms with Gasteiger partial charge in [-0.25, -0.2) is 14.8 Å². The third-order valence-corrected chi connectivity index (χ3v) is 4.33. The Morgan fingerprint density at radius 2 is 1.69 bits per heavy atom. The van der Waals surface area contributed by atoms with E-state index in [9.17, 15) is 9.59 Å². The zero-order valence-electron chi connectivity index (χ0n) is 14.4. The van der Waals surface area contributed by atoms with Crippen molar-refractivity contribution in [3.63, 3.8) is 0 Å². The number of carbonyl (C=O) groups is 2. The van der Waals surface area contributed by atoms with Crippen molar-refractivity contribution < 1.29 is 19.4 Å². The summed E-state index contributed by atoms with van der Waals surface area (Å²) < 4.78 is 5.98. The maximum Gasteiger partial charge on any atom is 0.356 e. The second kappa shape index (κ2) is 8.42. The molecule has 0 atom stereocenters. The molecule has 1 fully saturated rings. The molecule has 1 amide bonds. The monoisotopic (exact) mass is 355 g/mol. The number of nitrogens with zero attached hydrogens (tertiary/aromatic N) is 2. The van der Waals surface area contributed by atoms with Gasteiger partial charge >= 0.3 is 5.97 Å². The van der Waals surface area contributed by atoms with Crippen molar-refractivity contribution >= 4 is 11.9 Å². The number of nitrogens with one attached hydrogen (secondary N) is 1. The van der Waals surface area contributed by atoms with Gasteiger partial charge in [0.15, 0.2) is 5.69 Å². The van der Waals surface area contributed by atoms with E-state index in [-0.39, 0.29) is 11.4 Å². The highest BCUT2D eigenvalue weighted by molar-refractivity contribution is 5.92. The Morgan fingerprint density at radius 1 is 1.04 bits per heavy atom. The van der Waals surface area contributed by atoms with Crippen LogP contribution in [0.15, 0.2) is 36.7 Å². The highest BCUT2D eigenvalue weighted by atomic mass is 16.5. The number of amides is 1. The summed E-state index contributed by atoms with van der Waals surface area (Å²) in [6.07, 6.45) is 8.49. The molecule has 0 spiro atoms. The smallest absolute Gasteiger partial charge is 0.356 e. The minimum Gasteiger partial charge on any atom is -0.490 e. The van der Waals surface area contributed by atoms with Gasteiger partial charge in [-0.1, -0.05) is 18.6 Å². The fourth-order valence-electron chi connectivity index (χ4n) is 2.89. The molecule has 3 rings (SSSR count). The summed E-state index contributed by atoms with van der Waals surface area (Å²) in [6.45, 7) is 0.338. The van der Waals surface area contributed by atoms with Crippen molar-refractivity contribution in [2.45, 2.75) is 44.8 Å². The Kier molecular flexibility index (Phi) is 5.78. The fraction of sp³-hybridized carbons (Fsp3) is 0.368. The Hall–Kier alpha value is -2.96. The standard InChI is InChI=1S/C19H21N3O4/c23-18(16-11-21-17(12-20-16)19(24)25)22-10-13-6-8-15(9-7-13)26-14-4-2-1-3-5-14/h6-9,11-12,14H,1-5,10H2,(H,22,23)(H,24,25). The molecule has 2 N–H and O–H groups in total. The van der Waals surface area contributed by atoms with Gasteiger partial charge in [0.1, 0.15) is 11.4 Å². The van der Waals surface area contributed by atoms with E-state index in [1.54, 1.807) is 0 Å². The summed E-state index contributed by atoms with van der Waals surface area (Å²) in [6, 6.07) is 7.66. The van der Waals surface area contributed by atoms with Crippen molar-refractivity contribution in [1.29, 1.82) is 0 Å². The molecule has 136 valence electrons. The molecule has 1 aromatic carbocycles. The maximum absolute atomic E-state index is 12.0. The summed E-state index contributed by atoms with van der Waals surface area (Å²) >= 11 is 0. The Morgan fingerprint density at radius 3 is 2.31 bits per heavy atom. The summed E-state index contributed by atoms with van der Waals surface area (Å²) in [5, 5.41) is 11.5. The first kappa shape index (κ1) is 17.8. The first-order chi connectivity index (χ1) is 12.6. The number of ether oxygens (including phenoxy) is 1. The molecule has 1 aliphatic rings. The molecule has 0 saturated heterocycles. The second-order valence-electron chi connectivity index (χ2n) is 6.30. The number of benzene rings is 1. The zero-order chi connectivity index (χ0) is 18.4. The number of carboxylic acids is 1. The number of aromatic carboxylic acids is 1. The summed E-state index contributed by atoms with van der Waals surface area (Å²) in [5.74, 6) is -0.737. The lowest BCUT2D eigenvalue weighted by molar-refractivity contribution is 0.0689. The normalized spacial score (nSPS) is 14.6. The van der Waals surface area contributed by atoms with Crippen LogP contribution < -0.4 is 10.1 Å². The van der Waals surface area contributed by atoms with Crippen LogP contribution in [0.1, 0.15) is 58.6 Å². The van der Waals surface area contributed by atoms with Gasteiger partial charge in [-0.05, 0) is 43.4 Å². The molecule has 1 aromatic heterocycles. The van der Waals surface area contributed by atoms with E-state index >= 15 is 0 Å². The van der Waals surface area contributed by atoms with Crippen molar-refractivity contribution in [3.8, 4) is 5.75 Å². The number of hydrogen-bond donors (Lipinski definition) is 2. The number of carbonyl (C=O) groups excluding carboxylic acids is 1. The molecular weight excluding hydrogens is 334 g/mol. The number of hydrogen-bond acceptors (Lipinski definition) is 5. The first-order valence-electron chi connectivity index (χ1n) is 8.71. The van der Waals surface area contributed by atoms with Gasteiger partial charge in [0.2, 0.25) is 0 Å². The maximum atomic E-state index is 12.0. The molecular formula is C19H21N3O4. The SMILES string of the molecule is O=C(O)c1cnc(C(=O)NCc2ccc(OC3CCCCC3)cc2)cn1. The lowest BCUT2D eigenvalue weighted by atomic mass is 9.98. The van der Waals surface area contributed by atoms with Gasteiger partial charge < -0.3 is 15.2 Å². The van der Waals surface area contributed by atoms with Crippen molar-refractivity contribution in [3.05, 3.63) is 53.6 Å². The van der Waals surface area contributed by atoms with Gasteiger partial charge in [0.05, 0.1) is 18.5 Å². The Balaban J connectivity index is 1.50. The van der Waals surface area contributed by atoms with E-state index in [2.05, 4.69) is 15.3 Å². The van der Waals surface area contributed by atoms with E-state index in [1.807, 2.05) is 24.3 Å². The van der Waals surface area contributed by atoms with E-state index in [1.165, 1.54) is 19.3 Å². The number of aromatic nitrogens is 2. The molecule has 2 aromatic rings. The van der Waals surface area contributed by atoms with Crippen LogP contribution in [-0.2, 0) is 6.54 Å². The van der Waals surface area contributed by atoms with Crippen LogP contribution >= 0.6 is 0 Å². The van der Waals surface area contributed by atoms with E-state index in [0.29, 0.717) is 12.6 Å². The topological polar surface area (TPSA) is 101 Å². The van der Waals surface area contributed by atoms with Crippen LogP contribution in [0.2, 0.25) is 0 Å². The Bertz CT molecular complexity index is 753. The molecule has 1 heterocycles. The van der Waals surface area contributed by atoms with Crippen LogP contribution in [-0.4, -0.2) is 33.1 Å². The summed E-state index contributed by atoms with van der Waals surface area (Å²) in [5.41, 5.74) is 0.812. The third-order valence-electron chi connectivity index (χ3n) is 4.33. The van der Waals surface area contributed by atoms with Crippen LogP contribution in [0.3, 0.4) is 0 Å². The van der Waals surface area contributed by atoms with Crippen LogP contribution in [0.25, 0.3) is 0 Å². The number of carboxylic acid groups (broad SMARTS) is 1. The summed E-state index contributed by atoms with van der Waals surface area (Å²) in [4.78, 5) is 30.3. The average molecular weight is 355 g/mol. The molecule has 0 radical (unpaired) electrons. The predicted molar refractivity (Wildman–Crippen MR) is 94.1 cm³/mol. The van der Waals surface area contributed by atoms with Gasteiger partial charge in [-0.2, -0.15) is 0 Å². The van der Waals surface area contributed by atoms with Crippen molar-refractivity contribution in [2.24, 2.45) is 0 Å². The highest BCUT2D eigenvalue weighted by Crippen LogP contribution is 2.23. The molecule has 1 saturated carbocycles. The molecule has 0 unspecified atom stereocenters. The quantitative estimate of drug-likeness (QED) is 0.826. The minimum absolute atomic E-state index is 0.0762. The van der Waals surface area contributed by atoms with Gasteiger partial charge in [-0.3, -0.25) is 4.79 Å².